The minimum atomic E-state index is -0.0213. The van der Waals surface area contributed by atoms with Crippen LogP contribution in [0, 0.1) is 0 Å². The molecule has 6 nitrogen and oxygen atoms in total. The van der Waals surface area contributed by atoms with Gasteiger partial charge in [-0.1, -0.05) is 114 Å². The van der Waals surface area contributed by atoms with Gasteiger partial charge in [0.2, 0.25) is 0 Å². The lowest BCUT2D eigenvalue weighted by atomic mass is 9.85. The highest BCUT2D eigenvalue weighted by Crippen LogP contribution is 2.42. The molecule has 0 radical (unpaired) electrons. The van der Waals surface area contributed by atoms with Crippen molar-refractivity contribution in [3.63, 3.8) is 0 Å². The molecule has 6 heteroatoms. The first-order chi connectivity index (χ1) is 31.5. The molecule has 5 aromatic heterocycles. The minimum absolute atomic E-state index is 0.0213. The summed E-state index contributed by atoms with van der Waals surface area (Å²) in [6, 6.07) is 61.7. The first kappa shape index (κ1) is 40.0. The van der Waals surface area contributed by atoms with E-state index >= 15 is 0 Å². The molecule has 0 aliphatic carbocycles. The van der Waals surface area contributed by atoms with Crippen LogP contribution in [0.1, 0.15) is 52.7 Å². The van der Waals surface area contributed by atoms with Crippen molar-refractivity contribution in [1.82, 2.24) is 24.1 Å². The number of pyridine rings is 3. The van der Waals surface area contributed by atoms with Crippen molar-refractivity contribution in [2.24, 2.45) is 0 Å². The molecule has 0 saturated carbocycles. The van der Waals surface area contributed by atoms with Crippen LogP contribution in [0.25, 0.3) is 77.5 Å². The Morgan fingerprint density at radius 1 is 0.354 bits per heavy atom. The van der Waals surface area contributed by atoms with Crippen molar-refractivity contribution in [2.75, 3.05) is 4.90 Å². The molecule has 65 heavy (non-hydrogen) atoms. The molecule has 0 fully saturated rings. The Bertz CT molecular complexity index is 3330. The van der Waals surface area contributed by atoms with Crippen LogP contribution in [0.15, 0.2) is 195 Å². The van der Waals surface area contributed by atoms with Crippen molar-refractivity contribution < 1.29 is 0 Å². The van der Waals surface area contributed by atoms with Gasteiger partial charge in [-0.05, 0) is 129 Å². The van der Waals surface area contributed by atoms with Crippen LogP contribution in [0.5, 0.6) is 0 Å². The molecule has 0 aliphatic rings. The van der Waals surface area contributed by atoms with Gasteiger partial charge in [0.25, 0.3) is 0 Å². The van der Waals surface area contributed by atoms with Crippen LogP contribution in [0.4, 0.5) is 17.1 Å². The number of hydrogen-bond donors (Lipinski definition) is 0. The van der Waals surface area contributed by atoms with Gasteiger partial charge in [-0.2, -0.15) is 0 Å². The molecule has 0 spiro atoms. The Balaban J connectivity index is 1.21. The van der Waals surface area contributed by atoms with Crippen LogP contribution in [-0.2, 0) is 10.8 Å². The van der Waals surface area contributed by atoms with Gasteiger partial charge in [0.1, 0.15) is 11.6 Å². The van der Waals surface area contributed by atoms with Gasteiger partial charge in [-0.15, -0.1) is 0 Å². The SMILES string of the molecule is CC(C)(C)c1ccc2c(c1)c1cc(C(C)(C)C)ccc1n2-c1cc(N(c2ccc(-c3ccncc3)cc2)c2ccc(-c3ccncc3)cc2)cc(-n2c3ccccc3c3ccccc32)n1. The third-order valence-corrected chi connectivity index (χ3v) is 12.9. The zero-order chi connectivity index (χ0) is 44.5. The molecule has 0 amide bonds. The zero-order valence-electron chi connectivity index (χ0n) is 37.7. The summed E-state index contributed by atoms with van der Waals surface area (Å²) in [6.45, 7) is 13.7. The van der Waals surface area contributed by atoms with Crippen LogP contribution >= 0.6 is 0 Å². The molecular formula is C59H50N6. The summed E-state index contributed by atoms with van der Waals surface area (Å²) in [4.78, 5) is 16.6. The first-order valence-electron chi connectivity index (χ1n) is 22.4. The summed E-state index contributed by atoms with van der Waals surface area (Å²) in [5, 5.41) is 4.82. The average Bonchev–Trinajstić information content (AvgIpc) is 3.84. The molecule has 5 heterocycles. The van der Waals surface area contributed by atoms with Crippen molar-refractivity contribution in [3.8, 4) is 33.9 Å². The third kappa shape index (κ3) is 7.12. The number of benzene rings is 6. The van der Waals surface area contributed by atoms with E-state index in [4.69, 9.17) is 4.98 Å². The van der Waals surface area contributed by atoms with E-state index in [1.54, 1.807) is 0 Å². The van der Waals surface area contributed by atoms with Gasteiger partial charge in [-0.3, -0.25) is 19.1 Å². The van der Waals surface area contributed by atoms with Crippen LogP contribution in [-0.4, -0.2) is 24.1 Å². The number of fused-ring (bicyclic) bond motifs is 6. The van der Waals surface area contributed by atoms with E-state index in [9.17, 15) is 0 Å². The van der Waals surface area contributed by atoms with Gasteiger partial charge in [0.15, 0.2) is 0 Å². The molecule has 0 aliphatic heterocycles. The topological polar surface area (TPSA) is 51.8 Å². The van der Waals surface area contributed by atoms with Gasteiger partial charge in [0, 0.05) is 69.8 Å². The van der Waals surface area contributed by atoms with E-state index in [0.29, 0.717) is 0 Å². The second-order valence-corrected chi connectivity index (χ2v) is 19.1. The predicted octanol–water partition coefficient (Wildman–Crippen LogP) is 15.5. The Hall–Kier alpha value is -7.83. The maximum Gasteiger partial charge on any atom is 0.142 e. The average molecular weight is 843 g/mol. The Morgan fingerprint density at radius 2 is 0.723 bits per heavy atom. The molecule has 0 unspecified atom stereocenters. The summed E-state index contributed by atoms with van der Waals surface area (Å²) >= 11 is 0. The second-order valence-electron chi connectivity index (χ2n) is 19.1. The summed E-state index contributed by atoms with van der Waals surface area (Å²) in [6.07, 6.45) is 7.38. The van der Waals surface area contributed by atoms with E-state index in [-0.39, 0.29) is 10.8 Å². The highest BCUT2D eigenvalue weighted by atomic mass is 15.2. The highest BCUT2D eigenvalue weighted by Gasteiger charge is 2.24. The number of aromatic nitrogens is 5. The predicted molar refractivity (Wildman–Crippen MR) is 271 cm³/mol. The molecule has 6 aromatic carbocycles. The standard InChI is InChI=1S/C59H50N6/c1-58(2,3)43-19-25-54-50(35-43)51-36-44(59(4,5)6)20-26-55(51)65(54)57-38-47(37-56(62-57)64-52-13-9-7-11-48(52)49-12-8-10-14-53(49)64)63(45-21-15-39(16-22-45)41-27-31-60-32-28-41)46-23-17-40(18-24-46)42-29-33-61-34-30-42/h7-38H,1-6H3. The number of rotatable bonds is 7. The van der Waals surface area contributed by atoms with Crippen LogP contribution in [0.2, 0.25) is 0 Å². The minimum Gasteiger partial charge on any atom is -0.310 e. The molecule has 0 saturated heterocycles. The summed E-state index contributed by atoms with van der Waals surface area (Å²) in [5.41, 5.74) is 14.5. The maximum absolute atomic E-state index is 5.73. The van der Waals surface area contributed by atoms with Crippen molar-refractivity contribution in [3.05, 3.63) is 206 Å². The molecule has 11 rings (SSSR count). The van der Waals surface area contributed by atoms with E-state index in [0.717, 1.165) is 73.0 Å². The quantitative estimate of drug-likeness (QED) is 0.160. The van der Waals surface area contributed by atoms with Crippen LogP contribution in [0.3, 0.4) is 0 Å². The van der Waals surface area contributed by atoms with Crippen molar-refractivity contribution >= 4 is 60.7 Å². The largest absolute Gasteiger partial charge is 0.310 e. The number of para-hydroxylation sites is 2. The second kappa shape index (κ2) is 15.5. The van der Waals surface area contributed by atoms with Gasteiger partial charge < -0.3 is 4.90 Å². The number of nitrogens with zero attached hydrogens (tertiary/aromatic N) is 6. The van der Waals surface area contributed by atoms with Crippen LogP contribution < -0.4 is 4.90 Å². The fraction of sp³-hybridized carbons (Fsp3) is 0.136. The molecule has 0 atom stereocenters. The third-order valence-electron chi connectivity index (χ3n) is 12.9. The zero-order valence-corrected chi connectivity index (χ0v) is 37.7. The molecule has 0 N–H and O–H groups in total. The Labute approximate surface area is 380 Å². The Morgan fingerprint density at radius 3 is 1.12 bits per heavy atom. The monoisotopic (exact) mass is 842 g/mol. The number of hydrogen-bond acceptors (Lipinski definition) is 4. The smallest absolute Gasteiger partial charge is 0.142 e. The molecule has 0 bridgehead atoms. The van der Waals surface area contributed by atoms with Gasteiger partial charge in [-0.25, -0.2) is 4.98 Å². The van der Waals surface area contributed by atoms with E-state index in [1.165, 1.54) is 32.7 Å². The normalized spacial score (nSPS) is 12.2. The molecule has 11 aromatic rings. The summed E-state index contributed by atoms with van der Waals surface area (Å²) < 4.78 is 4.71. The Kier molecular flexibility index (Phi) is 9.51. The van der Waals surface area contributed by atoms with Gasteiger partial charge in [0.05, 0.1) is 27.8 Å². The first-order valence-corrected chi connectivity index (χ1v) is 22.4. The van der Waals surface area contributed by atoms with Crippen molar-refractivity contribution in [2.45, 2.75) is 52.4 Å². The molecular weight excluding hydrogens is 793 g/mol. The van der Waals surface area contributed by atoms with Gasteiger partial charge >= 0.3 is 0 Å². The number of anilines is 3. The summed E-state index contributed by atoms with van der Waals surface area (Å²) in [7, 11) is 0. The fourth-order valence-electron chi connectivity index (χ4n) is 9.36. The maximum atomic E-state index is 5.73. The lowest BCUT2D eigenvalue weighted by Crippen LogP contribution is -2.13. The lowest BCUT2D eigenvalue weighted by molar-refractivity contribution is 0.590. The van der Waals surface area contributed by atoms with Crippen molar-refractivity contribution in [1.29, 1.82) is 0 Å². The fourth-order valence-corrected chi connectivity index (χ4v) is 9.36. The van der Waals surface area contributed by atoms with E-state index in [1.807, 2.05) is 24.8 Å². The molecule has 316 valence electrons. The highest BCUT2D eigenvalue weighted by molar-refractivity contribution is 6.11. The van der Waals surface area contributed by atoms with E-state index < -0.39 is 0 Å². The lowest BCUT2D eigenvalue weighted by Gasteiger charge is -2.27. The summed E-state index contributed by atoms with van der Waals surface area (Å²) in [5.74, 6) is 1.66. The van der Waals surface area contributed by atoms with E-state index in [2.05, 4.69) is 235 Å².